The first-order valence-electron chi connectivity index (χ1n) is 13.9. The smallest absolute Gasteiger partial charge is 0.173 e. The van der Waals surface area contributed by atoms with Crippen LogP contribution in [0.4, 0.5) is 0 Å². The third kappa shape index (κ3) is 3.52. The maximum absolute atomic E-state index is 13.5. The fraction of sp³-hybridized carbons (Fsp3) is 0.677. The van der Waals surface area contributed by atoms with Crippen LogP contribution in [0.3, 0.4) is 0 Å². The van der Waals surface area contributed by atoms with E-state index in [0.717, 1.165) is 52.7 Å². The van der Waals surface area contributed by atoms with Crippen LogP contribution in [0.25, 0.3) is 10.9 Å². The summed E-state index contributed by atoms with van der Waals surface area (Å²) in [6, 6.07) is 9.91. The number of benzene rings is 1. The molecule has 2 aromatic rings. The number of nitrogens with zero attached hydrogens (tertiary/aromatic N) is 1. The standard InChI is InChI=1S/C31H41NO2/c1-20-6-7-22-8-10-24-25-11-12-27(30(25,2)15-14-26(24)31(22,3)18-20)29(33)19-34-23-9-13-28-21(17-23)5-4-16-32-28/h4-5,9,13,16-17,20,22,24-27H,6-8,10-12,14-15,18-19H2,1-3H3/t20?,22-,24+,25+,26+,27-,30+,31+/m1/s1. The minimum absolute atomic E-state index is 0.163. The Hall–Kier alpha value is -1.90. The first-order valence-corrected chi connectivity index (χ1v) is 13.9. The number of carbonyl (C=O) groups excluding carboxylic acids is 1. The number of fused-ring (bicyclic) bond motifs is 6. The summed E-state index contributed by atoms with van der Waals surface area (Å²) in [6.45, 7) is 7.79. The van der Waals surface area contributed by atoms with Crippen molar-refractivity contribution in [2.75, 3.05) is 6.61 Å². The summed E-state index contributed by atoms with van der Waals surface area (Å²) in [7, 11) is 0. The second-order valence-corrected chi connectivity index (χ2v) is 12.8. The quantitative estimate of drug-likeness (QED) is 0.476. The third-order valence-corrected chi connectivity index (χ3v) is 11.2. The summed E-state index contributed by atoms with van der Waals surface area (Å²) >= 11 is 0. The lowest BCUT2D eigenvalue weighted by Crippen LogP contribution is -2.54. The monoisotopic (exact) mass is 459 g/mol. The summed E-state index contributed by atoms with van der Waals surface area (Å²) < 4.78 is 6.04. The van der Waals surface area contributed by atoms with E-state index in [4.69, 9.17) is 4.74 Å². The number of rotatable bonds is 4. The van der Waals surface area contributed by atoms with Gasteiger partial charge in [0.1, 0.15) is 12.4 Å². The molecule has 1 heterocycles. The van der Waals surface area contributed by atoms with E-state index in [2.05, 4.69) is 25.8 Å². The molecule has 0 radical (unpaired) electrons. The van der Waals surface area contributed by atoms with Crippen molar-refractivity contribution in [2.24, 2.45) is 46.3 Å². The molecule has 3 heteroatoms. The Bertz CT molecular complexity index is 1080. The lowest BCUT2D eigenvalue weighted by molar-refractivity contribution is -0.138. The molecule has 0 amide bonds. The van der Waals surface area contributed by atoms with Gasteiger partial charge in [-0.2, -0.15) is 0 Å². The van der Waals surface area contributed by atoms with Crippen LogP contribution in [-0.2, 0) is 4.79 Å². The highest BCUT2D eigenvalue weighted by atomic mass is 16.5. The molecule has 0 N–H and O–H groups in total. The molecule has 3 nitrogen and oxygen atoms in total. The molecular weight excluding hydrogens is 418 g/mol. The molecule has 0 aliphatic heterocycles. The van der Waals surface area contributed by atoms with Gasteiger partial charge in [0.15, 0.2) is 5.78 Å². The van der Waals surface area contributed by atoms with Crippen molar-refractivity contribution in [3.8, 4) is 5.75 Å². The van der Waals surface area contributed by atoms with Gasteiger partial charge in [0.05, 0.1) is 5.52 Å². The molecule has 182 valence electrons. The van der Waals surface area contributed by atoms with E-state index in [9.17, 15) is 4.79 Å². The van der Waals surface area contributed by atoms with Crippen molar-refractivity contribution in [1.29, 1.82) is 0 Å². The number of aromatic nitrogens is 1. The average Bonchev–Trinajstić information content (AvgIpc) is 3.19. The molecule has 1 aromatic heterocycles. The minimum Gasteiger partial charge on any atom is -0.486 e. The second-order valence-electron chi connectivity index (χ2n) is 12.8. The first-order chi connectivity index (χ1) is 16.4. The van der Waals surface area contributed by atoms with Crippen LogP contribution in [0, 0.1) is 46.3 Å². The number of carbonyl (C=O) groups is 1. The zero-order valence-electron chi connectivity index (χ0n) is 21.3. The van der Waals surface area contributed by atoms with Crippen LogP contribution in [0.5, 0.6) is 5.75 Å². The SMILES string of the molecule is CC1CC[C@@H]2CC[C@@H]3[C@H](CC[C@]4(C)[C@@H](C(=O)COc5ccc6ncccc6c5)CC[C@@H]34)[C@@]2(C)C1. The fourth-order valence-electron chi connectivity index (χ4n) is 9.59. The Balaban J connectivity index is 1.16. The van der Waals surface area contributed by atoms with Gasteiger partial charge >= 0.3 is 0 Å². The molecule has 8 atom stereocenters. The highest BCUT2D eigenvalue weighted by Crippen LogP contribution is 2.67. The van der Waals surface area contributed by atoms with Crippen molar-refractivity contribution in [2.45, 2.75) is 78.6 Å². The van der Waals surface area contributed by atoms with Gasteiger partial charge in [0.2, 0.25) is 0 Å². The highest BCUT2D eigenvalue weighted by molar-refractivity contribution is 5.84. The predicted molar refractivity (Wildman–Crippen MR) is 137 cm³/mol. The van der Waals surface area contributed by atoms with E-state index in [1.54, 1.807) is 6.20 Å². The summed E-state index contributed by atoms with van der Waals surface area (Å²) in [6.07, 6.45) is 13.8. The predicted octanol–water partition coefficient (Wildman–Crippen LogP) is 7.48. The van der Waals surface area contributed by atoms with E-state index >= 15 is 0 Å². The summed E-state index contributed by atoms with van der Waals surface area (Å²) in [5.41, 5.74) is 1.66. The van der Waals surface area contributed by atoms with Gasteiger partial charge in [-0.05, 0) is 116 Å². The number of hydrogen-bond donors (Lipinski definition) is 0. The Morgan fingerprint density at radius 2 is 1.82 bits per heavy atom. The molecule has 6 rings (SSSR count). The Kier molecular flexibility index (Phi) is 5.54. The summed E-state index contributed by atoms with van der Waals surface area (Å²) in [4.78, 5) is 17.9. The van der Waals surface area contributed by atoms with Crippen molar-refractivity contribution in [1.82, 2.24) is 4.98 Å². The topological polar surface area (TPSA) is 39.2 Å². The van der Waals surface area contributed by atoms with Gasteiger partial charge in [0.25, 0.3) is 0 Å². The van der Waals surface area contributed by atoms with Crippen molar-refractivity contribution in [3.05, 3.63) is 36.5 Å². The molecular formula is C31H41NO2. The van der Waals surface area contributed by atoms with Gasteiger partial charge in [-0.3, -0.25) is 9.78 Å². The van der Waals surface area contributed by atoms with Crippen molar-refractivity contribution < 1.29 is 9.53 Å². The first kappa shape index (κ1) is 22.6. The van der Waals surface area contributed by atoms with Crippen molar-refractivity contribution >= 4 is 16.7 Å². The van der Waals surface area contributed by atoms with Gasteiger partial charge in [-0.15, -0.1) is 0 Å². The van der Waals surface area contributed by atoms with E-state index in [0.29, 0.717) is 11.2 Å². The zero-order valence-corrected chi connectivity index (χ0v) is 21.3. The summed E-state index contributed by atoms with van der Waals surface area (Å²) in [5.74, 6) is 5.52. The number of hydrogen-bond acceptors (Lipinski definition) is 3. The fourth-order valence-corrected chi connectivity index (χ4v) is 9.59. The zero-order chi connectivity index (χ0) is 23.5. The molecule has 4 fully saturated rings. The molecule has 0 bridgehead atoms. The average molecular weight is 460 g/mol. The minimum atomic E-state index is 0.163. The van der Waals surface area contributed by atoms with E-state index in [1.807, 2.05) is 30.3 Å². The van der Waals surface area contributed by atoms with Crippen LogP contribution in [0.15, 0.2) is 36.5 Å². The summed E-state index contributed by atoms with van der Waals surface area (Å²) in [5, 5.41) is 1.06. The molecule has 4 aliphatic carbocycles. The number of ketones is 1. The maximum atomic E-state index is 13.5. The number of Topliss-reactive ketones (excluding diaryl/α,β-unsaturated/α-hetero) is 1. The lowest BCUT2D eigenvalue weighted by Gasteiger charge is -2.61. The molecule has 0 spiro atoms. The molecule has 4 aliphatic rings. The Morgan fingerprint density at radius 3 is 2.71 bits per heavy atom. The van der Waals surface area contributed by atoms with E-state index in [1.165, 1.54) is 51.4 Å². The lowest BCUT2D eigenvalue weighted by atomic mass is 9.44. The number of ether oxygens (including phenoxy) is 1. The maximum Gasteiger partial charge on any atom is 0.173 e. The normalized spacial score (nSPS) is 41.4. The van der Waals surface area contributed by atoms with Crippen LogP contribution < -0.4 is 4.74 Å². The van der Waals surface area contributed by atoms with E-state index < -0.39 is 0 Å². The van der Waals surface area contributed by atoms with Crippen LogP contribution in [-0.4, -0.2) is 17.4 Å². The molecule has 1 aromatic carbocycles. The van der Waals surface area contributed by atoms with Gasteiger partial charge in [-0.1, -0.05) is 33.3 Å². The van der Waals surface area contributed by atoms with Gasteiger partial charge in [-0.25, -0.2) is 0 Å². The highest BCUT2D eigenvalue weighted by Gasteiger charge is 2.61. The molecule has 0 saturated heterocycles. The largest absolute Gasteiger partial charge is 0.486 e. The van der Waals surface area contributed by atoms with E-state index in [-0.39, 0.29) is 17.9 Å². The molecule has 34 heavy (non-hydrogen) atoms. The van der Waals surface area contributed by atoms with Crippen LogP contribution >= 0.6 is 0 Å². The molecule has 1 unspecified atom stereocenters. The Labute approximate surface area is 205 Å². The van der Waals surface area contributed by atoms with Crippen molar-refractivity contribution in [3.63, 3.8) is 0 Å². The third-order valence-electron chi connectivity index (χ3n) is 11.2. The Morgan fingerprint density at radius 1 is 1.00 bits per heavy atom. The molecule has 4 saturated carbocycles. The van der Waals surface area contributed by atoms with Gasteiger partial charge in [0, 0.05) is 17.5 Å². The van der Waals surface area contributed by atoms with Crippen LogP contribution in [0.1, 0.15) is 78.6 Å². The number of pyridine rings is 1. The second kappa shape index (κ2) is 8.35. The van der Waals surface area contributed by atoms with Gasteiger partial charge < -0.3 is 4.74 Å². The van der Waals surface area contributed by atoms with Crippen LogP contribution in [0.2, 0.25) is 0 Å².